The molecule has 8 N–H and O–H groups in total. The third kappa shape index (κ3) is 7.54. The first-order valence-corrected chi connectivity index (χ1v) is 8.53. The van der Waals surface area contributed by atoms with Crippen LogP contribution in [0.4, 0.5) is 0 Å². The van der Waals surface area contributed by atoms with Crippen LogP contribution in [-0.4, -0.2) is 57.8 Å². The van der Waals surface area contributed by atoms with E-state index in [4.69, 9.17) is 11.5 Å². The molecule has 0 saturated carbocycles. The van der Waals surface area contributed by atoms with Crippen LogP contribution < -0.4 is 22.1 Å². The van der Waals surface area contributed by atoms with Crippen molar-refractivity contribution >= 4 is 36.3 Å². The van der Waals surface area contributed by atoms with Crippen molar-refractivity contribution in [1.29, 1.82) is 0 Å². The average Bonchev–Trinajstić information content (AvgIpc) is 2.60. The zero-order chi connectivity index (χ0) is 20.6. The molecule has 0 aliphatic carbocycles. The van der Waals surface area contributed by atoms with Crippen LogP contribution in [0.1, 0.15) is 12.0 Å². The van der Waals surface area contributed by atoms with Crippen molar-refractivity contribution in [2.75, 3.05) is 5.75 Å². The van der Waals surface area contributed by atoms with Gasteiger partial charge in [-0.3, -0.25) is 14.4 Å². The third-order valence-corrected chi connectivity index (χ3v) is 3.96. The number of primary amides is 1. The molecule has 10 nitrogen and oxygen atoms in total. The van der Waals surface area contributed by atoms with Crippen molar-refractivity contribution in [2.45, 2.75) is 31.0 Å². The maximum atomic E-state index is 12.4. The van der Waals surface area contributed by atoms with E-state index >= 15 is 0 Å². The predicted octanol–water partition coefficient (Wildman–Crippen LogP) is -1.88. The Balaban J connectivity index is 2.87. The van der Waals surface area contributed by atoms with Gasteiger partial charge in [-0.2, -0.15) is 12.6 Å². The van der Waals surface area contributed by atoms with Gasteiger partial charge in [0.2, 0.25) is 17.7 Å². The van der Waals surface area contributed by atoms with Crippen molar-refractivity contribution < 1.29 is 29.4 Å². The monoisotopic (exact) mass is 398 g/mol. The van der Waals surface area contributed by atoms with Gasteiger partial charge in [0, 0.05) is 12.2 Å². The average molecular weight is 398 g/mol. The summed E-state index contributed by atoms with van der Waals surface area (Å²) in [6, 6.07) is 2.06. The number of carbonyl (C=O) groups excluding carboxylic acids is 3. The van der Waals surface area contributed by atoms with Crippen LogP contribution in [0.25, 0.3) is 0 Å². The topological polar surface area (TPSA) is 185 Å². The molecule has 0 bridgehead atoms. The molecule has 0 aromatic heterocycles. The van der Waals surface area contributed by atoms with E-state index in [-0.39, 0.29) is 17.9 Å². The minimum Gasteiger partial charge on any atom is -0.508 e. The highest BCUT2D eigenvalue weighted by Gasteiger charge is 2.29. The number of benzene rings is 1. The number of hydrogen-bond donors (Lipinski definition) is 7. The summed E-state index contributed by atoms with van der Waals surface area (Å²) >= 11 is 3.87. The number of nitrogens with one attached hydrogen (secondary N) is 2. The summed E-state index contributed by atoms with van der Waals surface area (Å²) in [6.45, 7) is 0. The number of carboxylic acid groups (broad SMARTS) is 1. The van der Waals surface area contributed by atoms with E-state index in [9.17, 15) is 29.4 Å². The molecule has 0 aliphatic heterocycles. The Hall–Kier alpha value is -2.79. The first-order chi connectivity index (χ1) is 12.6. The first kappa shape index (κ1) is 22.3. The number of carboxylic acids is 1. The van der Waals surface area contributed by atoms with Crippen molar-refractivity contribution in [3.63, 3.8) is 0 Å². The Labute approximate surface area is 160 Å². The largest absolute Gasteiger partial charge is 0.508 e. The van der Waals surface area contributed by atoms with E-state index < -0.39 is 48.2 Å². The third-order valence-electron chi connectivity index (χ3n) is 3.56. The fourth-order valence-electron chi connectivity index (χ4n) is 2.11. The summed E-state index contributed by atoms with van der Waals surface area (Å²) in [7, 11) is 0. The van der Waals surface area contributed by atoms with Gasteiger partial charge < -0.3 is 32.3 Å². The number of thiol groups is 1. The van der Waals surface area contributed by atoms with Crippen LogP contribution in [0.15, 0.2) is 24.3 Å². The molecular formula is C16H22N4O6S. The molecule has 0 saturated heterocycles. The van der Waals surface area contributed by atoms with Gasteiger partial charge in [-0.15, -0.1) is 0 Å². The second kappa shape index (κ2) is 10.4. The molecule has 0 heterocycles. The lowest BCUT2D eigenvalue weighted by Crippen LogP contribution is -2.56. The molecule has 3 amide bonds. The molecule has 0 spiro atoms. The fraction of sp³-hybridized carbons (Fsp3) is 0.375. The molecule has 0 radical (unpaired) electrons. The number of amides is 3. The number of nitrogens with two attached hydrogens (primary N) is 2. The van der Waals surface area contributed by atoms with E-state index in [1.54, 1.807) is 0 Å². The minimum absolute atomic E-state index is 0.00927. The van der Waals surface area contributed by atoms with Gasteiger partial charge in [0.05, 0.1) is 12.5 Å². The van der Waals surface area contributed by atoms with Crippen LogP contribution in [-0.2, 0) is 25.6 Å². The zero-order valence-electron chi connectivity index (χ0n) is 14.3. The van der Waals surface area contributed by atoms with Gasteiger partial charge >= 0.3 is 5.97 Å². The van der Waals surface area contributed by atoms with Crippen molar-refractivity contribution in [3.8, 4) is 5.75 Å². The Bertz CT molecular complexity index is 697. The minimum atomic E-state index is -1.37. The number of phenols is 1. The quantitative estimate of drug-likeness (QED) is 0.225. The van der Waals surface area contributed by atoms with E-state index in [0.717, 1.165) is 0 Å². The second-order valence-electron chi connectivity index (χ2n) is 5.79. The van der Waals surface area contributed by atoms with Gasteiger partial charge in [-0.1, -0.05) is 12.1 Å². The van der Waals surface area contributed by atoms with Crippen LogP contribution in [0.2, 0.25) is 0 Å². The lowest BCUT2D eigenvalue weighted by atomic mass is 10.0. The van der Waals surface area contributed by atoms with Gasteiger partial charge in [-0.25, -0.2) is 4.79 Å². The molecule has 148 valence electrons. The fourth-order valence-corrected chi connectivity index (χ4v) is 2.28. The summed E-state index contributed by atoms with van der Waals surface area (Å²) in [6.07, 6.45) is -0.600. The molecule has 1 aromatic carbocycles. The second-order valence-corrected chi connectivity index (χ2v) is 6.16. The van der Waals surface area contributed by atoms with Gasteiger partial charge in [0.15, 0.2) is 0 Å². The Morgan fingerprint density at radius 3 is 2.07 bits per heavy atom. The van der Waals surface area contributed by atoms with Gasteiger partial charge in [-0.05, 0) is 17.7 Å². The number of carbonyl (C=O) groups is 4. The van der Waals surface area contributed by atoms with Gasteiger partial charge in [0.25, 0.3) is 0 Å². The summed E-state index contributed by atoms with van der Waals surface area (Å²) in [5.41, 5.74) is 11.1. The highest BCUT2D eigenvalue weighted by atomic mass is 32.1. The van der Waals surface area contributed by atoms with E-state index in [1.807, 2.05) is 0 Å². The molecule has 1 aromatic rings. The lowest BCUT2D eigenvalue weighted by molar-refractivity contribution is -0.142. The summed E-state index contributed by atoms with van der Waals surface area (Å²) in [4.78, 5) is 46.9. The van der Waals surface area contributed by atoms with Crippen molar-refractivity contribution in [1.82, 2.24) is 10.6 Å². The van der Waals surface area contributed by atoms with E-state index in [2.05, 4.69) is 23.3 Å². The smallest absolute Gasteiger partial charge is 0.326 e. The lowest BCUT2D eigenvalue weighted by Gasteiger charge is -2.22. The summed E-state index contributed by atoms with van der Waals surface area (Å²) < 4.78 is 0. The molecule has 3 atom stereocenters. The van der Waals surface area contributed by atoms with E-state index in [1.165, 1.54) is 24.3 Å². The molecule has 1 rings (SSSR count). The van der Waals surface area contributed by atoms with Crippen molar-refractivity contribution in [2.24, 2.45) is 11.5 Å². The molecular weight excluding hydrogens is 376 g/mol. The number of aliphatic carboxylic acids is 1. The first-order valence-electron chi connectivity index (χ1n) is 7.90. The Morgan fingerprint density at radius 2 is 1.59 bits per heavy atom. The predicted molar refractivity (Wildman–Crippen MR) is 98.9 cm³/mol. The summed E-state index contributed by atoms with van der Waals surface area (Å²) in [5, 5.41) is 23.1. The normalized spacial score (nSPS) is 13.9. The number of aromatic hydroxyl groups is 1. The van der Waals surface area contributed by atoms with Crippen LogP contribution >= 0.6 is 12.6 Å². The molecule has 0 aliphatic rings. The maximum absolute atomic E-state index is 12.4. The number of phenolic OH excluding ortho intramolecular Hbond substituents is 1. The zero-order valence-corrected chi connectivity index (χ0v) is 15.2. The van der Waals surface area contributed by atoms with Crippen LogP contribution in [0, 0.1) is 0 Å². The molecule has 3 unspecified atom stereocenters. The number of hydrogen-bond acceptors (Lipinski definition) is 7. The summed E-state index contributed by atoms with van der Waals surface area (Å²) in [5.74, 6) is -3.76. The van der Waals surface area contributed by atoms with Crippen molar-refractivity contribution in [3.05, 3.63) is 29.8 Å². The van der Waals surface area contributed by atoms with Crippen LogP contribution in [0.3, 0.4) is 0 Å². The molecule has 0 fully saturated rings. The maximum Gasteiger partial charge on any atom is 0.326 e. The highest BCUT2D eigenvalue weighted by Crippen LogP contribution is 2.11. The standard InChI is InChI=1S/C16H22N4O6S/c17-10(7-27)14(23)19-11(6-13(18)22)15(24)20-12(16(25)26)5-8-1-3-9(21)4-2-8/h1-4,10-12,21,27H,5-7,17H2,(H2,18,22)(H,19,23)(H,20,24)(H,25,26). The van der Waals surface area contributed by atoms with E-state index in [0.29, 0.717) is 5.56 Å². The van der Waals surface area contributed by atoms with Crippen LogP contribution in [0.5, 0.6) is 5.75 Å². The Morgan fingerprint density at radius 1 is 1.04 bits per heavy atom. The SMILES string of the molecule is NC(=O)CC(NC(=O)C(N)CS)C(=O)NC(Cc1ccc(O)cc1)C(=O)O. The van der Waals surface area contributed by atoms with Gasteiger partial charge in [0.1, 0.15) is 17.8 Å². The molecule has 27 heavy (non-hydrogen) atoms. The Kier molecular flexibility index (Phi) is 8.56. The number of rotatable bonds is 10. The highest BCUT2D eigenvalue weighted by molar-refractivity contribution is 7.80. The molecule has 11 heteroatoms.